The second kappa shape index (κ2) is 12.2. The molecular weight excluding hydrogens is 523 g/mol. The van der Waals surface area contributed by atoms with Gasteiger partial charge in [0.25, 0.3) is 5.91 Å². The zero-order valence-electron chi connectivity index (χ0n) is 21.3. The van der Waals surface area contributed by atoms with Gasteiger partial charge in [-0.05, 0) is 54.4 Å². The number of hydrogen-bond donors (Lipinski definition) is 1. The molecule has 196 valence electrons. The maximum absolute atomic E-state index is 13.3. The Balaban J connectivity index is 1.63. The van der Waals surface area contributed by atoms with E-state index >= 15 is 0 Å². The van der Waals surface area contributed by atoms with Crippen molar-refractivity contribution in [3.05, 3.63) is 94.6 Å². The largest absolute Gasteiger partial charge is 0.497 e. The summed E-state index contributed by atoms with van der Waals surface area (Å²) < 4.78 is 7.16. The molecule has 0 aliphatic heterocycles. The molecule has 0 spiro atoms. The standard InChI is InChI=1S/C29H28Cl2N4O3/c1-19(2)16-34(28(37)21-9-13-23(31)14-10-21)18-27(36)33-29-32-26(20-7-11-22(30)12-8-20)17-35(29)24-5-4-6-25(15-24)38-3/h4-15,17,19H,16,18H2,1-3H3,(H,32,33,36). The van der Waals surface area contributed by atoms with Crippen LogP contribution < -0.4 is 10.1 Å². The van der Waals surface area contributed by atoms with E-state index in [0.29, 0.717) is 39.5 Å². The first-order valence-corrected chi connectivity index (χ1v) is 12.8. The molecule has 0 atom stereocenters. The molecule has 9 heteroatoms. The first-order valence-electron chi connectivity index (χ1n) is 12.1. The number of carbonyl (C=O) groups excluding carboxylic acids is 2. The molecule has 3 aromatic carbocycles. The van der Waals surface area contributed by atoms with Gasteiger partial charge >= 0.3 is 0 Å². The number of amides is 2. The number of nitrogens with zero attached hydrogens (tertiary/aromatic N) is 3. The Hall–Kier alpha value is -3.81. The normalized spacial score (nSPS) is 10.9. The van der Waals surface area contributed by atoms with E-state index in [4.69, 9.17) is 32.9 Å². The van der Waals surface area contributed by atoms with Gasteiger partial charge in [0, 0.05) is 40.0 Å². The summed E-state index contributed by atoms with van der Waals surface area (Å²) in [6, 6.07) is 21.4. The molecule has 1 aromatic heterocycles. The predicted molar refractivity (Wildman–Crippen MR) is 151 cm³/mol. The van der Waals surface area contributed by atoms with Gasteiger partial charge in [0.2, 0.25) is 11.9 Å². The lowest BCUT2D eigenvalue weighted by Crippen LogP contribution is -2.40. The summed E-state index contributed by atoms with van der Waals surface area (Å²) in [5.41, 5.74) is 2.70. The van der Waals surface area contributed by atoms with Crippen LogP contribution >= 0.6 is 23.2 Å². The Bertz CT molecular complexity index is 1420. The van der Waals surface area contributed by atoms with E-state index in [1.807, 2.05) is 56.4 Å². The molecule has 0 saturated heterocycles. The van der Waals surface area contributed by atoms with E-state index in [2.05, 4.69) is 5.32 Å². The number of nitrogens with one attached hydrogen (secondary N) is 1. The van der Waals surface area contributed by atoms with Crippen molar-refractivity contribution in [1.82, 2.24) is 14.5 Å². The van der Waals surface area contributed by atoms with Crippen LogP contribution in [0.4, 0.5) is 5.95 Å². The minimum absolute atomic E-state index is 0.138. The van der Waals surface area contributed by atoms with E-state index in [1.165, 1.54) is 4.90 Å². The highest BCUT2D eigenvalue weighted by Gasteiger charge is 2.22. The minimum atomic E-state index is -0.370. The summed E-state index contributed by atoms with van der Waals surface area (Å²) in [4.78, 5) is 32.7. The van der Waals surface area contributed by atoms with E-state index < -0.39 is 0 Å². The van der Waals surface area contributed by atoms with Crippen molar-refractivity contribution in [2.45, 2.75) is 13.8 Å². The molecule has 0 bridgehead atoms. The molecular formula is C29H28Cl2N4O3. The molecule has 0 unspecified atom stereocenters. The number of carbonyl (C=O) groups is 2. The number of anilines is 1. The van der Waals surface area contributed by atoms with Crippen molar-refractivity contribution in [3.63, 3.8) is 0 Å². The average molecular weight is 551 g/mol. The molecule has 0 radical (unpaired) electrons. The molecule has 4 rings (SSSR count). The van der Waals surface area contributed by atoms with Gasteiger partial charge < -0.3 is 9.64 Å². The molecule has 2 amide bonds. The number of ether oxygens (including phenoxy) is 1. The van der Waals surface area contributed by atoms with Gasteiger partial charge in [-0.3, -0.25) is 19.5 Å². The molecule has 7 nitrogen and oxygen atoms in total. The van der Waals surface area contributed by atoms with E-state index in [9.17, 15) is 9.59 Å². The Labute approximate surface area is 232 Å². The molecule has 4 aromatic rings. The summed E-state index contributed by atoms with van der Waals surface area (Å²) >= 11 is 12.0. The lowest BCUT2D eigenvalue weighted by molar-refractivity contribution is -0.117. The fourth-order valence-electron chi connectivity index (χ4n) is 3.96. The third kappa shape index (κ3) is 6.73. The van der Waals surface area contributed by atoms with E-state index in [1.54, 1.807) is 48.1 Å². The van der Waals surface area contributed by atoms with Crippen LogP contribution in [0.2, 0.25) is 10.0 Å². The summed E-state index contributed by atoms with van der Waals surface area (Å²) in [5, 5.41) is 4.05. The molecule has 38 heavy (non-hydrogen) atoms. The number of hydrogen-bond acceptors (Lipinski definition) is 4. The number of imidazole rings is 1. The van der Waals surface area contributed by atoms with Crippen molar-refractivity contribution in [2.24, 2.45) is 5.92 Å². The molecule has 0 aliphatic rings. The Morgan fingerprint density at radius 3 is 2.29 bits per heavy atom. The lowest BCUT2D eigenvalue weighted by Gasteiger charge is -2.24. The number of aromatic nitrogens is 2. The van der Waals surface area contributed by atoms with E-state index in [0.717, 1.165) is 11.3 Å². The molecule has 0 aliphatic carbocycles. The smallest absolute Gasteiger partial charge is 0.254 e. The van der Waals surface area contributed by atoms with Crippen LogP contribution in [-0.4, -0.2) is 46.5 Å². The van der Waals surface area contributed by atoms with Gasteiger partial charge in [-0.2, -0.15) is 0 Å². The van der Waals surface area contributed by atoms with E-state index in [-0.39, 0.29) is 24.3 Å². The number of halogens is 2. The van der Waals surface area contributed by atoms with Crippen molar-refractivity contribution < 1.29 is 14.3 Å². The summed E-state index contributed by atoms with van der Waals surface area (Å²) in [5.74, 6) is 0.526. The zero-order chi connectivity index (χ0) is 27.2. The quantitative estimate of drug-likeness (QED) is 0.255. The fraction of sp³-hybridized carbons (Fsp3) is 0.207. The zero-order valence-corrected chi connectivity index (χ0v) is 22.8. The average Bonchev–Trinajstić information content (AvgIpc) is 3.32. The van der Waals surface area contributed by atoms with Gasteiger partial charge in [-0.25, -0.2) is 4.98 Å². The van der Waals surface area contributed by atoms with Gasteiger partial charge in [0.1, 0.15) is 12.3 Å². The third-order valence-electron chi connectivity index (χ3n) is 5.73. The Morgan fingerprint density at radius 2 is 1.66 bits per heavy atom. The van der Waals surface area contributed by atoms with Crippen LogP contribution in [0.5, 0.6) is 5.75 Å². The van der Waals surface area contributed by atoms with Crippen LogP contribution in [0.15, 0.2) is 79.0 Å². The van der Waals surface area contributed by atoms with Crippen molar-refractivity contribution in [3.8, 4) is 22.7 Å². The Morgan fingerprint density at radius 1 is 1.00 bits per heavy atom. The van der Waals surface area contributed by atoms with Gasteiger partial charge in [-0.1, -0.05) is 55.2 Å². The second-order valence-electron chi connectivity index (χ2n) is 9.16. The van der Waals surface area contributed by atoms with Crippen LogP contribution in [0, 0.1) is 5.92 Å². The first-order chi connectivity index (χ1) is 18.2. The summed E-state index contributed by atoms with van der Waals surface area (Å²) in [7, 11) is 1.59. The molecule has 0 fully saturated rings. The highest BCUT2D eigenvalue weighted by atomic mass is 35.5. The highest BCUT2D eigenvalue weighted by molar-refractivity contribution is 6.31. The number of methoxy groups -OCH3 is 1. The SMILES string of the molecule is COc1cccc(-n2cc(-c3ccc(Cl)cc3)nc2NC(=O)CN(CC(C)C)C(=O)c2ccc(Cl)cc2)c1. The van der Waals surface area contributed by atoms with Crippen LogP contribution in [0.3, 0.4) is 0 Å². The number of benzene rings is 3. The lowest BCUT2D eigenvalue weighted by atomic mass is 10.1. The number of rotatable bonds is 9. The van der Waals surface area contributed by atoms with Gasteiger partial charge in [0.15, 0.2) is 0 Å². The van der Waals surface area contributed by atoms with Crippen LogP contribution in [0.25, 0.3) is 16.9 Å². The van der Waals surface area contributed by atoms with Crippen molar-refractivity contribution in [2.75, 3.05) is 25.5 Å². The monoisotopic (exact) mass is 550 g/mol. The molecule has 1 heterocycles. The molecule has 1 N–H and O–H groups in total. The third-order valence-corrected chi connectivity index (χ3v) is 6.23. The van der Waals surface area contributed by atoms with Gasteiger partial charge in [-0.15, -0.1) is 0 Å². The first kappa shape index (κ1) is 27.2. The minimum Gasteiger partial charge on any atom is -0.497 e. The predicted octanol–water partition coefficient (Wildman–Crippen LogP) is 6.59. The summed E-state index contributed by atoms with van der Waals surface area (Å²) in [6.45, 7) is 4.26. The molecule has 0 saturated carbocycles. The van der Waals surface area contributed by atoms with Crippen LogP contribution in [0.1, 0.15) is 24.2 Å². The maximum atomic E-state index is 13.3. The van der Waals surface area contributed by atoms with Crippen molar-refractivity contribution >= 4 is 41.0 Å². The van der Waals surface area contributed by atoms with Gasteiger partial charge in [0.05, 0.1) is 18.5 Å². The maximum Gasteiger partial charge on any atom is 0.254 e. The fourth-order valence-corrected chi connectivity index (χ4v) is 4.21. The second-order valence-corrected chi connectivity index (χ2v) is 10.0. The van der Waals surface area contributed by atoms with Crippen molar-refractivity contribution in [1.29, 1.82) is 0 Å². The topological polar surface area (TPSA) is 76.5 Å². The highest BCUT2D eigenvalue weighted by Crippen LogP contribution is 2.27. The van der Waals surface area contributed by atoms with Crippen LogP contribution in [-0.2, 0) is 4.79 Å². The Kier molecular flexibility index (Phi) is 8.71. The summed E-state index contributed by atoms with van der Waals surface area (Å²) in [6.07, 6.45) is 1.83.